The maximum Gasteiger partial charge on any atom is 0.146 e. The first-order valence-electron chi connectivity index (χ1n) is 6.39. The molecule has 1 atom stereocenters. The summed E-state index contributed by atoms with van der Waals surface area (Å²) in [7, 11) is 0. The number of likely N-dealkylation sites (N-methyl/N-ethyl adjacent to an activating group) is 1. The number of hydrogen-bond donors (Lipinski definition) is 1. The minimum absolute atomic E-state index is 0.0878. The summed E-state index contributed by atoms with van der Waals surface area (Å²) in [5.41, 5.74) is 1.15. The molecule has 1 N–H and O–H groups in total. The quantitative estimate of drug-likeness (QED) is 0.905. The molecule has 0 aliphatic carbocycles. The van der Waals surface area contributed by atoms with Crippen LogP contribution in [0.1, 0.15) is 24.1 Å². The van der Waals surface area contributed by atoms with Gasteiger partial charge in [0, 0.05) is 17.8 Å². The second kappa shape index (κ2) is 6.77. The van der Waals surface area contributed by atoms with Gasteiger partial charge >= 0.3 is 0 Å². The summed E-state index contributed by atoms with van der Waals surface area (Å²) in [6.07, 6.45) is 3.12. The van der Waals surface area contributed by atoms with Crippen molar-refractivity contribution in [3.8, 4) is 0 Å². The van der Waals surface area contributed by atoms with E-state index in [-0.39, 0.29) is 16.9 Å². The van der Waals surface area contributed by atoms with Crippen LogP contribution in [-0.4, -0.2) is 11.5 Å². The third-order valence-electron chi connectivity index (χ3n) is 3.09. The summed E-state index contributed by atoms with van der Waals surface area (Å²) in [6.45, 7) is 2.60. The van der Waals surface area contributed by atoms with E-state index < -0.39 is 5.82 Å². The van der Waals surface area contributed by atoms with Gasteiger partial charge in [-0.2, -0.15) is 0 Å². The summed E-state index contributed by atoms with van der Waals surface area (Å²) in [4.78, 5) is 3.74. The van der Waals surface area contributed by atoms with E-state index in [1.807, 2.05) is 6.92 Å². The largest absolute Gasteiger partial charge is 0.310 e. The summed E-state index contributed by atoms with van der Waals surface area (Å²) in [5, 5.41) is 3.27. The van der Waals surface area contributed by atoms with Crippen molar-refractivity contribution in [2.24, 2.45) is 0 Å². The Labute approximate surface area is 121 Å². The number of aromatic nitrogens is 1. The average Bonchev–Trinajstić information content (AvgIpc) is 2.44. The zero-order valence-electron chi connectivity index (χ0n) is 11.0. The molecule has 0 saturated heterocycles. The van der Waals surface area contributed by atoms with Crippen LogP contribution in [0.5, 0.6) is 0 Å². The minimum Gasteiger partial charge on any atom is -0.310 e. The lowest BCUT2D eigenvalue weighted by atomic mass is 9.99. The highest BCUT2D eigenvalue weighted by molar-refractivity contribution is 6.31. The van der Waals surface area contributed by atoms with Crippen LogP contribution >= 0.6 is 11.6 Å². The average molecular weight is 297 g/mol. The Bertz CT molecular complexity index is 590. The molecule has 1 unspecified atom stereocenters. The van der Waals surface area contributed by atoms with Gasteiger partial charge in [0.25, 0.3) is 0 Å². The molecule has 2 rings (SSSR count). The highest BCUT2D eigenvalue weighted by atomic mass is 35.5. The molecule has 0 amide bonds. The van der Waals surface area contributed by atoms with E-state index in [2.05, 4.69) is 10.3 Å². The van der Waals surface area contributed by atoms with Crippen LogP contribution < -0.4 is 5.32 Å². The van der Waals surface area contributed by atoms with Crippen molar-refractivity contribution >= 4 is 11.6 Å². The summed E-state index contributed by atoms with van der Waals surface area (Å²) in [5.74, 6) is -0.847. The summed E-state index contributed by atoms with van der Waals surface area (Å²) >= 11 is 5.96. The van der Waals surface area contributed by atoms with Gasteiger partial charge in [0.05, 0.1) is 11.2 Å². The van der Waals surface area contributed by atoms with Crippen molar-refractivity contribution in [3.05, 3.63) is 64.4 Å². The third-order valence-corrected chi connectivity index (χ3v) is 3.51. The highest BCUT2D eigenvalue weighted by Crippen LogP contribution is 2.26. The third kappa shape index (κ3) is 3.32. The van der Waals surface area contributed by atoms with Gasteiger partial charge in [-0.05, 0) is 30.7 Å². The van der Waals surface area contributed by atoms with Gasteiger partial charge in [-0.15, -0.1) is 0 Å². The molecule has 5 heteroatoms. The number of rotatable bonds is 5. The van der Waals surface area contributed by atoms with Gasteiger partial charge in [0.2, 0.25) is 0 Å². The van der Waals surface area contributed by atoms with Crippen molar-refractivity contribution in [1.82, 2.24) is 10.3 Å². The predicted octanol–water partition coefficient (Wildman–Crippen LogP) is 3.91. The Balaban J connectivity index is 2.31. The Morgan fingerprint density at radius 3 is 2.75 bits per heavy atom. The molecule has 1 heterocycles. The molecule has 0 spiro atoms. The van der Waals surface area contributed by atoms with Crippen LogP contribution in [0.2, 0.25) is 5.02 Å². The van der Waals surface area contributed by atoms with Gasteiger partial charge in [-0.25, -0.2) is 8.78 Å². The molecule has 0 aliphatic rings. The smallest absolute Gasteiger partial charge is 0.146 e. The molecule has 0 saturated carbocycles. The number of benzene rings is 1. The number of nitrogens with one attached hydrogen (secondary N) is 1. The SMILES string of the molecule is CCNC(Cc1cccc(F)c1Cl)c1ccncc1F. The van der Waals surface area contributed by atoms with E-state index >= 15 is 0 Å². The van der Waals surface area contributed by atoms with Crippen LogP contribution in [0.25, 0.3) is 0 Å². The van der Waals surface area contributed by atoms with Gasteiger partial charge in [-0.1, -0.05) is 30.7 Å². The van der Waals surface area contributed by atoms with Gasteiger partial charge in [0.1, 0.15) is 11.6 Å². The molecule has 0 fully saturated rings. The first kappa shape index (κ1) is 14.9. The van der Waals surface area contributed by atoms with Crippen LogP contribution in [-0.2, 0) is 6.42 Å². The second-order valence-electron chi connectivity index (χ2n) is 4.42. The van der Waals surface area contributed by atoms with Crippen molar-refractivity contribution in [2.75, 3.05) is 6.54 Å². The molecule has 1 aromatic carbocycles. The van der Waals surface area contributed by atoms with Crippen molar-refractivity contribution in [2.45, 2.75) is 19.4 Å². The lowest BCUT2D eigenvalue weighted by molar-refractivity contribution is 0.506. The predicted molar refractivity (Wildman–Crippen MR) is 75.7 cm³/mol. The van der Waals surface area contributed by atoms with Gasteiger partial charge in [-0.3, -0.25) is 4.98 Å². The summed E-state index contributed by atoms with van der Waals surface area (Å²) in [6, 6.07) is 6.00. The standard InChI is InChI=1S/C15H15ClF2N2/c1-2-20-14(11-6-7-19-9-13(11)18)8-10-4-3-5-12(17)15(10)16/h3-7,9,14,20H,2,8H2,1H3. The fourth-order valence-electron chi connectivity index (χ4n) is 2.13. The van der Waals surface area contributed by atoms with E-state index in [1.165, 1.54) is 18.5 Å². The van der Waals surface area contributed by atoms with Crippen molar-refractivity contribution in [1.29, 1.82) is 0 Å². The molecule has 0 radical (unpaired) electrons. The zero-order valence-corrected chi connectivity index (χ0v) is 11.8. The topological polar surface area (TPSA) is 24.9 Å². The molecule has 20 heavy (non-hydrogen) atoms. The fraction of sp³-hybridized carbons (Fsp3) is 0.267. The normalized spacial score (nSPS) is 12.4. The molecule has 2 nitrogen and oxygen atoms in total. The van der Waals surface area contributed by atoms with E-state index in [9.17, 15) is 8.78 Å². The van der Waals surface area contributed by atoms with Crippen LogP contribution in [0.15, 0.2) is 36.7 Å². The zero-order chi connectivity index (χ0) is 14.5. The van der Waals surface area contributed by atoms with E-state index in [1.54, 1.807) is 18.2 Å². The molecule has 0 bridgehead atoms. The van der Waals surface area contributed by atoms with Gasteiger partial charge < -0.3 is 5.32 Å². The molecule has 2 aromatic rings. The van der Waals surface area contributed by atoms with Crippen molar-refractivity contribution < 1.29 is 8.78 Å². The van der Waals surface area contributed by atoms with Crippen LogP contribution in [0.3, 0.4) is 0 Å². The maximum absolute atomic E-state index is 13.8. The number of halogens is 3. The van der Waals surface area contributed by atoms with E-state index in [0.717, 1.165) is 0 Å². The molecule has 1 aromatic heterocycles. The Hall–Kier alpha value is -1.52. The highest BCUT2D eigenvalue weighted by Gasteiger charge is 2.17. The number of nitrogens with zero attached hydrogens (tertiary/aromatic N) is 1. The fourth-order valence-corrected chi connectivity index (χ4v) is 2.34. The number of hydrogen-bond acceptors (Lipinski definition) is 2. The van der Waals surface area contributed by atoms with E-state index in [0.29, 0.717) is 24.1 Å². The van der Waals surface area contributed by atoms with Crippen molar-refractivity contribution in [3.63, 3.8) is 0 Å². The van der Waals surface area contributed by atoms with Crippen LogP contribution in [0.4, 0.5) is 8.78 Å². The summed E-state index contributed by atoms with van der Waals surface area (Å²) < 4.78 is 27.3. The first-order chi connectivity index (χ1) is 9.63. The minimum atomic E-state index is -0.463. The van der Waals surface area contributed by atoms with Gasteiger partial charge in [0.15, 0.2) is 0 Å². The van der Waals surface area contributed by atoms with E-state index in [4.69, 9.17) is 11.6 Å². The van der Waals surface area contributed by atoms with Crippen LogP contribution in [0, 0.1) is 11.6 Å². The Morgan fingerprint density at radius 1 is 1.25 bits per heavy atom. The second-order valence-corrected chi connectivity index (χ2v) is 4.80. The first-order valence-corrected chi connectivity index (χ1v) is 6.77. The maximum atomic E-state index is 13.8. The monoisotopic (exact) mass is 296 g/mol. The Kier molecular flexibility index (Phi) is 5.04. The molecule has 0 aliphatic heterocycles. The molecular formula is C15H15ClF2N2. The number of pyridine rings is 1. The lowest BCUT2D eigenvalue weighted by Gasteiger charge is -2.19. The Morgan fingerprint density at radius 2 is 2.05 bits per heavy atom. The molecule has 106 valence electrons. The lowest BCUT2D eigenvalue weighted by Crippen LogP contribution is -2.24. The molecular weight excluding hydrogens is 282 g/mol.